The molecule has 0 atom stereocenters. The molecule has 5 nitrogen and oxygen atoms in total. The maximum atomic E-state index is 11.9. The fraction of sp³-hybridized carbons (Fsp3) is 0.111. The maximum Gasteiger partial charge on any atom is 0.315 e. The summed E-state index contributed by atoms with van der Waals surface area (Å²) in [5, 5.41) is 6.30. The summed E-state index contributed by atoms with van der Waals surface area (Å²) in [6, 6.07) is 14.5. The summed E-state index contributed by atoms with van der Waals surface area (Å²) in [7, 11) is 0. The molecule has 24 heavy (non-hydrogen) atoms. The fourth-order valence-electron chi connectivity index (χ4n) is 2.17. The van der Waals surface area contributed by atoms with Crippen LogP contribution in [0.2, 0.25) is 5.02 Å². The van der Waals surface area contributed by atoms with E-state index >= 15 is 0 Å². The van der Waals surface area contributed by atoms with Gasteiger partial charge in [0, 0.05) is 24.3 Å². The minimum Gasteiger partial charge on any atom is -0.463 e. The largest absolute Gasteiger partial charge is 0.463 e. The molecule has 0 saturated heterocycles. The second kappa shape index (κ2) is 7.66. The number of furan rings is 1. The van der Waals surface area contributed by atoms with Crippen LogP contribution in [0.4, 0.5) is 4.79 Å². The van der Waals surface area contributed by atoms with Crippen molar-refractivity contribution < 1.29 is 9.21 Å². The number of rotatable bonds is 5. The first kappa shape index (κ1) is 16.1. The van der Waals surface area contributed by atoms with Crippen molar-refractivity contribution in [1.29, 1.82) is 0 Å². The van der Waals surface area contributed by atoms with Crippen LogP contribution < -0.4 is 10.6 Å². The predicted octanol–water partition coefficient (Wildman–Crippen LogP) is 3.99. The average molecular weight is 342 g/mol. The van der Waals surface area contributed by atoms with Crippen molar-refractivity contribution in [3.05, 3.63) is 77.1 Å². The van der Waals surface area contributed by atoms with Gasteiger partial charge in [0.15, 0.2) is 5.76 Å². The zero-order chi connectivity index (χ0) is 16.8. The molecule has 0 spiro atoms. The monoisotopic (exact) mass is 341 g/mol. The number of nitrogens with one attached hydrogen (secondary N) is 2. The van der Waals surface area contributed by atoms with E-state index in [1.165, 1.54) is 0 Å². The topological polar surface area (TPSA) is 67.2 Å². The molecule has 0 saturated carbocycles. The van der Waals surface area contributed by atoms with Crippen LogP contribution in [-0.2, 0) is 13.1 Å². The van der Waals surface area contributed by atoms with Crippen molar-refractivity contribution in [1.82, 2.24) is 15.6 Å². The highest BCUT2D eigenvalue weighted by Gasteiger charge is 2.05. The third kappa shape index (κ3) is 4.36. The summed E-state index contributed by atoms with van der Waals surface area (Å²) in [5.74, 6) is 0.698. The van der Waals surface area contributed by atoms with E-state index in [2.05, 4.69) is 15.6 Å². The first-order chi connectivity index (χ1) is 11.7. The summed E-state index contributed by atoms with van der Waals surface area (Å²) in [5.41, 5.74) is 2.66. The number of nitrogens with zero attached hydrogens (tertiary/aromatic N) is 1. The van der Waals surface area contributed by atoms with E-state index in [1.54, 1.807) is 24.6 Å². The Morgan fingerprint density at radius 2 is 1.79 bits per heavy atom. The number of aromatic nitrogens is 1. The number of benzene rings is 1. The number of urea groups is 1. The molecule has 3 aromatic rings. The smallest absolute Gasteiger partial charge is 0.315 e. The molecule has 0 aliphatic heterocycles. The Balaban J connectivity index is 1.51. The summed E-state index contributed by atoms with van der Waals surface area (Å²) >= 11 is 5.83. The van der Waals surface area contributed by atoms with Gasteiger partial charge >= 0.3 is 6.03 Å². The van der Waals surface area contributed by atoms with Gasteiger partial charge in [-0.1, -0.05) is 23.7 Å². The standard InChI is InChI=1S/C18H16ClN3O2/c19-15-5-3-13(4-6-15)11-21-18(23)22-12-14-7-8-20-16(10-14)17-2-1-9-24-17/h1-10H,11-12H2,(H2,21,22,23). The van der Waals surface area contributed by atoms with Gasteiger partial charge in [0.1, 0.15) is 5.69 Å². The van der Waals surface area contributed by atoms with Crippen LogP contribution in [-0.4, -0.2) is 11.0 Å². The van der Waals surface area contributed by atoms with Gasteiger partial charge in [0.25, 0.3) is 0 Å². The number of halogens is 1. The lowest BCUT2D eigenvalue weighted by atomic mass is 10.2. The third-order valence-corrected chi connectivity index (χ3v) is 3.67. The minimum atomic E-state index is -0.235. The van der Waals surface area contributed by atoms with Crippen LogP contribution in [0.3, 0.4) is 0 Å². The Hall–Kier alpha value is -2.79. The van der Waals surface area contributed by atoms with Crippen molar-refractivity contribution in [2.45, 2.75) is 13.1 Å². The third-order valence-electron chi connectivity index (χ3n) is 3.42. The molecule has 1 aromatic carbocycles. The highest BCUT2D eigenvalue weighted by Crippen LogP contribution is 2.17. The van der Waals surface area contributed by atoms with E-state index < -0.39 is 0 Å². The second-order valence-electron chi connectivity index (χ2n) is 5.19. The number of pyridine rings is 1. The van der Waals surface area contributed by atoms with Gasteiger partial charge in [-0.05, 0) is 47.5 Å². The Labute approximate surface area is 144 Å². The molecule has 0 aliphatic carbocycles. The first-order valence-corrected chi connectivity index (χ1v) is 7.83. The van der Waals surface area contributed by atoms with Crippen molar-refractivity contribution in [2.24, 2.45) is 0 Å². The van der Waals surface area contributed by atoms with Crippen molar-refractivity contribution in [3.8, 4) is 11.5 Å². The molecule has 2 amide bonds. The lowest BCUT2D eigenvalue weighted by molar-refractivity contribution is 0.240. The lowest BCUT2D eigenvalue weighted by Gasteiger charge is -2.08. The van der Waals surface area contributed by atoms with Gasteiger partial charge in [-0.25, -0.2) is 4.79 Å². The van der Waals surface area contributed by atoms with Crippen molar-refractivity contribution in [2.75, 3.05) is 0 Å². The molecule has 0 fully saturated rings. The molecule has 2 aromatic heterocycles. The van der Waals surface area contributed by atoms with Crippen LogP contribution in [0.15, 0.2) is 65.4 Å². The van der Waals surface area contributed by atoms with Gasteiger partial charge in [-0.15, -0.1) is 0 Å². The number of hydrogen-bond acceptors (Lipinski definition) is 3. The predicted molar refractivity (Wildman–Crippen MR) is 92.5 cm³/mol. The SMILES string of the molecule is O=C(NCc1ccc(Cl)cc1)NCc1ccnc(-c2ccco2)c1. The number of hydrogen-bond donors (Lipinski definition) is 2. The van der Waals surface area contributed by atoms with Crippen LogP contribution in [0, 0.1) is 0 Å². The molecule has 2 heterocycles. The van der Waals surface area contributed by atoms with E-state index in [0.717, 1.165) is 16.8 Å². The molecular formula is C18H16ClN3O2. The van der Waals surface area contributed by atoms with Gasteiger partial charge < -0.3 is 15.1 Å². The Morgan fingerprint density at radius 1 is 1.04 bits per heavy atom. The minimum absolute atomic E-state index is 0.235. The van der Waals surface area contributed by atoms with Crippen molar-refractivity contribution in [3.63, 3.8) is 0 Å². The van der Waals surface area contributed by atoms with E-state index in [4.69, 9.17) is 16.0 Å². The quantitative estimate of drug-likeness (QED) is 0.737. The van der Waals surface area contributed by atoms with Gasteiger partial charge in [0.2, 0.25) is 0 Å². The molecule has 0 bridgehead atoms. The molecule has 0 aliphatic rings. The van der Waals surface area contributed by atoms with Crippen LogP contribution in [0.1, 0.15) is 11.1 Å². The molecule has 0 unspecified atom stereocenters. The summed E-state index contributed by atoms with van der Waals surface area (Å²) in [6.45, 7) is 0.847. The molecule has 2 N–H and O–H groups in total. The number of carbonyl (C=O) groups is 1. The highest BCUT2D eigenvalue weighted by molar-refractivity contribution is 6.30. The second-order valence-corrected chi connectivity index (χ2v) is 5.63. The molecule has 3 rings (SSSR count). The lowest BCUT2D eigenvalue weighted by Crippen LogP contribution is -2.34. The van der Waals surface area contributed by atoms with Crippen LogP contribution in [0.5, 0.6) is 0 Å². The zero-order valence-electron chi connectivity index (χ0n) is 12.8. The van der Waals surface area contributed by atoms with Gasteiger partial charge in [-0.2, -0.15) is 0 Å². The first-order valence-electron chi connectivity index (χ1n) is 7.46. The average Bonchev–Trinajstić information content (AvgIpc) is 3.14. The Kier molecular flexibility index (Phi) is 5.13. The summed E-state index contributed by atoms with van der Waals surface area (Å²) in [6.07, 6.45) is 3.30. The van der Waals surface area contributed by atoms with E-state index in [-0.39, 0.29) is 6.03 Å². The zero-order valence-corrected chi connectivity index (χ0v) is 13.6. The van der Waals surface area contributed by atoms with E-state index in [9.17, 15) is 4.79 Å². The van der Waals surface area contributed by atoms with Gasteiger partial charge in [0.05, 0.1) is 6.26 Å². The number of carbonyl (C=O) groups excluding carboxylic acids is 1. The molecule has 0 radical (unpaired) electrons. The Morgan fingerprint density at radius 3 is 2.50 bits per heavy atom. The normalized spacial score (nSPS) is 10.4. The van der Waals surface area contributed by atoms with E-state index in [0.29, 0.717) is 23.9 Å². The molecule has 122 valence electrons. The maximum absolute atomic E-state index is 11.9. The number of amides is 2. The molecular weight excluding hydrogens is 326 g/mol. The Bertz CT molecular complexity index is 801. The van der Waals surface area contributed by atoms with Crippen LogP contribution in [0.25, 0.3) is 11.5 Å². The highest BCUT2D eigenvalue weighted by atomic mass is 35.5. The fourth-order valence-corrected chi connectivity index (χ4v) is 2.30. The van der Waals surface area contributed by atoms with Crippen molar-refractivity contribution >= 4 is 17.6 Å². The van der Waals surface area contributed by atoms with E-state index in [1.807, 2.05) is 36.4 Å². The summed E-state index contributed by atoms with van der Waals surface area (Å²) < 4.78 is 5.32. The summed E-state index contributed by atoms with van der Waals surface area (Å²) in [4.78, 5) is 16.1. The van der Waals surface area contributed by atoms with Gasteiger partial charge in [-0.3, -0.25) is 4.98 Å². The molecule has 6 heteroatoms. The van der Waals surface area contributed by atoms with Crippen LogP contribution >= 0.6 is 11.6 Å².